The van der Waals surface area contributed by atoms with Gasteiger partial charge in [0.25, 0.3) is 5.91 Å². The van der Waals surface area contributed by atoms with Gasteiger partial charge in [-0.1, -0.05) is 0 Å². The van der Waals surface area contributed by atoms with Crippen LogP contribution in [-0.4, -0.2) is 75.4 Å². The first-order valence-corrected chi connectivity index (χ1v) is 12.3. The standard InChI is InChI=1S/C27H36N2O5.ClH/c1-4-33-22-8-10-23(11-9-22)34-16-6-14-28-13-5-7-21(19-28)29-15-12-20-17-25(31-2)26(32-3)18-24(20)27(29)30;/h8-11,17-18,21H,4-7,12-16,19H2,1-3H3;1H. The van der Waals surface area contributed by atoms with Crippen LogP contribution in [0, 0.1) is 0 Å². The van der Waals surface area contributed by atoms with Gasteiger partial charge in [-0.15, -0.1) is 12.4 Å². The Morgan fingerprint density at radius 3 is 2.34 bits per heavy atom. The third-order valence-corrected chi connectivity index (χ3v) is 6.67. The van der Waals surface area contributed by atoms with E-state index >= 15 is 0 Å². The Hall–Kier alpha value is -2.64. The molecule has 0 N–H and O–H groups in total. The SMILES string of the molecule is CCOc1ccc(OCCCN2CCCC(N3CCc4cc(OC)c(OC)cc4C3=O)C2)cc1.Cl. The predicted octanol–water partition coefficient (Wildman–Crippen LogP) is 4.46. The number of hydrogen-bond acceptors (Lipinski definition) is 6. The summed E-state index contributed by atoms with van der Waals surface area (Å²) in [7, 11) is 3.23. The normalized spacial score (nSPS) is 17.9. The Morgan fingerprint density at radius 1 is 0.971 bits per heavy atom. The molecule has 8 heteroatoms. The van der Waals surface area contributed by atoms with E-state index in [0.29, 0.717) is 24.7 Å². The van der Waals surface area contributed by atoms with Crippen LogP contribution in [0.1, 0.15) is 42.1 Å². The molecule has 2 aliphatic heterocycles. The van der Waals surface area contributed by atoms with Crippen LogP contribution in [0.3, 0.4) is 0 Å². The average molecular weight is 505 g/mol. The molecule has 2 aromatic carbocycles. The zero-order chi connectivity index (χ0) is 23.9. The second kappa shape index (κ2) is 12.9. The monoisotopic (exact) mass is 504 g/mol. The van der Waals surface area contributed by atoms with Crippen LogP contribution >= 0.6 is 12.4 Å². The third kappa shape index (κ3) is 6.53. The number of piperidine rings is 1. The first-order valence-electron chi connectivity index (χ1n) is 12.3. The van der Waals surface area contributed by atoms with Crippen molar-refractivity contribution in [2.45, 2.75) is 38.6 Å². The molecule has 0 bridgehead atoms. The molecule has 2 heterocycles. The maximum atomic E-state index is 13.4. The Balaban J connectivity index is 0.00000342. The molecule has 4 rings (SSSR count). The van der Waals surface area contributed by atoms with E-state index in [1.165, 1.54) is 0 Å². The molecule has 1 amide bonds. The van der Waals surface area contributed by atoms with E-state index in [0.717, 1.165) is 74.5 Å². The number of ether oxygens (including phenoxy) is 4. The summed E-state index contributed by atoms with van der Waals surface area (Å²) in [5.41, 5.74) is 1.78. The van der Waals surface area contributed by atoms with Crippen molar-refractivity contribution in [2.24, 2.45) is 0 Å². The lowest BCUT2D eigenvalue weighted by molar-refractivity contribution is 0.0517. The second-order valence-corrected chi connectivity index (χ2v) is 8.82. The molecular formula is C27H37ClN2O5. The Morgan fingerprint density at radius 2 is 1.66 bits per heavy atom. The number of nitrogens with zero attached hydrogens (tertiary/aromatic N) is 2. The molecule has 192 valence electrons. The highest BCUT2D eigenvalue weighted by molar-refractivity contribution is 5.97. The summed E-state index contributed by atoms with van der Waals surface area (Å²) in [6.45, 7) is 7.02. The fraction of sp³-hybridized carbons (Fsp3) is 0.519. The van der Waals surface area contributed by atoms with Gasteiger partial charge in [0.05, 0.1) is 27.4 Å². The molecule has 0 aliphatic carbocycles. The van der Waals surface area contributed by atoms with Crippen molar-refractivity contribution < 1.29 is 23.7 Å². The van der Waals surface area contributed by atoms with Gasteiger partial charge in [0.1, 0.15) is 11.5 Å². The van der Waals surface area contributed by atoms with Crippen molar-refractivity contribution in [3.05, 3.63) is 47.5 Å². The molecule has 7 nitrogen and oxygen atoms in total. The maximum absolute atomic E-state index is 13.4. The first-order chi connectivity index (χ1) is 16.6. The summed E-state index contributed by atoms with van der Waals surface area (Å²) in [5.74, 6) is 3.12. The fourth-order valence-corrected chi connectivity index (χ4v) is 4.94. The summed E-state index contributed by atoms with van der Waals surface area (Å²) in [4.78, 5) is 17.9. The van der Waals surface area contributed by atoms with Crippen LogP contribution in [0.2, 0.25) is 0 Å². The van der Waals surface area contributed by atoms with Gasteiger partial charge in [-0.05, 0) is 81.1 Å². The average Bonchev–Trinajstić information content (AvgIpc) is 2.87. The van der Waals surface area contributed by atoms with Crippen molar-refractivity contribution >= 4 is 18.3 Å². The van der Waals surface area contributed by atoms with Crippen LogP contribution in [0.4, 0.5) is 0 Å². The molecule has 0 radical (unpaired) electrons. The van der Waals surface area contributed by atoms with Crippen molar-refractivity contribution in [1.82, 2.24) is 9.80 Å². The molecule has 1 fully saturated rings. The first kappa shape index (κ1) is 27.0. The number of rotatable bonds is 10. The number of hydrogen-bond donors (Lipinski definition) is 0. The minimum absolute atomic E-state index is 0. The minimum Gasteiger partial charge on any atom is -0.494 e. The molecule has 0 saturated carbocycles. The topological polar surface area (TPSA) is 60.5 Å². The molecule has 1 unspecified atom stereocenters. The molecule has 1 saturated heterocycles. The van der Waals surface area contributed by atoms with Crippen LogP contribution in [-0.2, 0) is 6.42 Å². The third-order valence-electron chi connectivity index (χ3n) is 6.67. The van der Waals surface area contributed by atoms with Gasteiger partial charge in [0, 0.05) is 31.2 Å². The number of halogens is 1. The number of carbonyl (C=O) groups is 1. The number of fused-ring (bicyclic) bond motifs is 1. The fourth-order valence-electron chi connectivity index (χ4n) is 4.94. The maximum Gasteiger partial charge on any atom is 0.254 e. The highest BCUT2D eigenvalue weighted by Crippen LogP contribution is 2.34. The number of methoxy groups -OCH3 is 2. The summed E-state index contributed by atoms with van der Waals surface area (Å²) < 4.78 is 22.2. The van der Waals surface area contributed by atoms with E-state index in [9.17, 15) is 4.79 Å². The minimum atomic E-state index is 0. The Kier molecular flexibility index (Phi) is 9.93. The van der Waals surface area contributed by atoms with Gasteiger partial charge in [-0.25, -0.2) is 0 Å². The van der Waals surface area contributed by atoms with Gasteiger partial charge < -0.3 is 28.7 Å². The van der Waals surface area contributed by atoms with E-state index in [4.69, 9.17) is 18.9 Å². The Labute approximate surface area is 214 Å². The van der Waals surface area contributed by atoms with Gasteiger partial charge in [0.2, 0.25) is 0 Å². The number of amides is 1. The zero-order valence-corrected chi connectivity index (χ0v) is 21.8. The zero-order valence-electron chi connectivity index (χ0n) is 21.0. The molecule has 2 aromatic rings. The lowest BCUT2D eigenvalue weighted by Gasteiger charge is -2.41. The quantitative estimate of drug-likeness (QED) is 0.445. The highest BCUT2D eigenvalue weighted by atomic mass is 35.5. The largest absolute Gasteiger partial charge is 0.494 e. The number of benzene rings is 2. The molecule has 0 spiro atoms. The van der Waals surface area contributed by atoms with Gasteiger partial charge >= 0.3 is 0 Å². The van der Waals surface area contributed by atoms with Gasteiger partial charge in [0.15, 0.2) is 11.5 Å². The summed E-state index contributed by atoms with van der Waals surface area (Å²) in [6.07, 6.45) is 3.95. The molecule has 1 atom stereocenters. The van der Waals surface area contributed by atoms with Crippen LogP contribution in [0.5, 0.6) is 23.0 Å². The molecule has 35 heavy (non-hydrogen) atoms. The van der Waals surface area contributed by atoms with Crippen LogP contribution < -0.4 is 18.9 Å². The summed E-state index contributed by atoms with van der Waals surface area (Å²) in [6, 6.07) is 11.8. The predicted molar refractivity (Wildman–Crippen MR) is 139 cm³/mol. The lowest BCUT2D eigenvalue weighted by atomic mass is 9.94. The lowest BCUT2D eigenvalue weighted by Crippen LogP contribution is -2.52. The van der Waals surface area contributed by atoms with E-state index in [1.807, 2.05) is 43.3 Å². The van der Waals surface area contributed by atoms with E-state index < -0.39 is 0 Å². The van der Waals surface area contributed by atoms with E-state index in [-0.39, 0.29) is 24.4 Å². The van der Waals surface area contributed by atoms with Gasteiger partial charge in [-0.3, -0.25) is 4.79 Å². The highest BCUT2D eigenvalue weighted by Gasteiger charge is 2.33. The van der Waals surface area contributed by atoms with Crippen LogP contribution in [0.25, 0.3) is 0 Å². The summed E-state index contributed by atoms with van der Waals surface area (Å²) >= 11 is 0. The molecule has 0 aromatic heterocycles. The molecular weight excluding hydrogens is 468 g/mol. The number of carbonyl (C=O) groups excluding carboxylic acids is 1. The van der Waals surface area contributed by atoms with E-state index in [1.54, 1.807) is 14.2 Å². The van der Waals surface area contributed by atoms with Gasteiger partial charge in [-0.2, -0.15) is 0 Å². The van der Waals surface area contributed by atoms with Crippen molar-refractivity contribution in [3.8, 4) is 23.0 Å². The number of likely N-dealkylation sites (tertiary alicyclic amines) is 1. The Bertz CT molecular complexity index is 969. The smallest absolute Gasteiger partial charge is 0.254 e. The van der Waals surface area contributed by atoms with Crippen molar-refractivity contribution in [3.63, 3.8) is 0 Å². The van der Waals surface area contributed by atoms with Crippen molar-refractivity contribution in [1.29, 1.82) is 0 Å². The second-order valence-electron chi connectivity index (χ2n) is 8.82. The molecule has 2 aliphatic rings. The van der Waals surface area contributed by atoms with E-state index in [2.05, 4.69) is 9.80 Å². The summed E-state index contributed by atoms with van der Waals surface area (Å²) in [5, 5.41) is 0. The van der Waals surface area contributed by atoms with Crippen molar-refractivity contribution in [2.75, 3.05) is 53.6 Å². The van der Waals surface area contributed by atoms with Crippen LogP contribution in [0.15, 0.2) is 36.4 Å².